The van der Waals surface area contributed by atoms with Gasteiger partial charge in [-0.1, -0.05) is 5.16 Å². The molecular formula is C15H17ClN8O3S. The zero-order valence-electron chi connectivity index (χ0n) is 14.7. The first-order valence-electron chi connectivity index (χ1n) is 8.35. The van der Waals surface area contributed by atoms with Gasteiger partial charge in [0.15, 0.2) is 5.82 Å². The Morgan fingerprint density at radius 1 is 1.32 bits per heavy atom. The predicted octanol–water partition coefficient (Wildman–Crippen LogP) is 0.429. The fourth-order valence-electron chi connectivity index (χ4n) is 3.28. The van der Waals surface area contributed by atoms with Crippen molar-refractivity contribution in [2.45, 2.75) is 10.9 Å². The van der Waals surface area contributed by atoms with Crippen LogP contribution in [0.15, 0.2) is 33.9 Å². The van der Waals surface area contributed by atoms with Crippen molar-refractivity contribution in [2.24, 2.45) is 0 Å². The molecule has 2 aromatic heterocycles. The topological polar surface area (TPSA) is 131 Å². The molecule has 1 saturated heterocycles. The lowest BCUT2D eigenvalue weighted by molar-refractivity contribution is 0.190. The SMILES string of the molecule is CN1CCNCC1c1noc(-c2ccc3c(c2)S(=O)(=O)Nc2ncnn2-3)n1.Cl. The molecule has 11 nitrogen and oxygen atoms in total. The van der Waals surface area contributed by atoms with Crippen LogP contribution in [0.4, 0.5) is 5.95 Å². The molecule has 1 aromatic carbocycles. The van der Waals surface area contributed by atoms with Crippen LogP contribution < -0.4 is 10.0 Å². The van der Waals surface area contributed by atoms with Gasteiger partial charge in [0, 0.05) is 25.2 Å². The number of hydrogen-bond acceptors (Lipinski definition) is 9. The highest BCUT2D eigenvalue weighted by Crippen LogP contribution is 2.32. The van der Waals surface area contributed by atoms with Gasteiger partial charge in [-0.2, -0.15) is 19.7 Å². The number of sulfonamides is 1. The Morgan fingerprint density at radius 3 is 3.00 bits per heavy atom. The number of hydrogen-bond donors (Lipinski definition) is 2. The summed E-state index contributed by atoms with van der Waals surface area (Å²) in [5.74, 6) is 0.992. The summed E-state index contributed by atoms with van der Waals surface area (Å²) in [7, 11) is -1.75. The normalized spacial score (nSPS) is 20.5. The van der Waals surface area contributed by atoms with Crippen LogP contribution in [-0.2, 0) is 10.0 Å². The van der Waals surface area contributed by atoms with E-state index in [1.54, 1.807) is 12.1 Å². The number of benzene rings is 1. The van der Waals surface area contributed by atoms with Crippen molar-refractivity contribution < 1.29 is 12.9 Å². The van der Waals surface area contributed by atoms with Crippen LogP contribution >= 0.6 is 12.4 Å². The molecule has 148 valence electrons. The highest BCUT2D eigenvalue weighted by Gasteiger charge is 2.30. The fraction of sp³-hybridized carbons (Fsp3) is 0.333. The number of anilines is 1. The van der Waals surface area contributed by atoms with Crippen LogP contribution in [0.2, 0.25) is 0 Å². The van der Waals surface area contributed by atoms with E-state index in [4.69, 9.17) is 4.52 Å². The van der Waals surface area contributed by atoms with E-state index < -0.39 is 10.0 Å². The lowest BCUT2D eigenvalue weighted by atomic mass is 10.2. The van der Waals surface area contributed by atoms with Gasteiger partial charge in [0.1, 0.15) is 11.2 Å². The third-order valence-electron chi connectivity index (χ3n) is 4.75. The Labute approximate surface area is 166 Å². The van der Waals surface area contributed by atoms with Gasteiger partial charge < -0.3 is 9.84 Å². The van der Waals surface area contributed by atoms with E-state index in [0.29, 0.717) is 17.1 Å². The van der Waals surface area contributed by atoms with Gasteiger partial charge in [0.05, 0.1) is 11.7 Å². The highest BCUT2D eigenvalue weighted by molar-refractivity contribution is 7.93. The summed E-state index contributed by atoms with van der Waals surface area (Å²) in [4.78, 5) is 10.6. The zero-order chi connectivity index (χ0) is 18.6. The molecule has 0 bridgehead atoms. The van der Waals surface area contributed by atoms with Crippen LogP contribution in [0, 0.1) is 0 Å². The van der Waals surface area contributed by atoms with Crippen LogP contribution in [0.5, 0.6) is 0 Å². The van der Waals surface area contributed by atoms with E-state index >= 15 is 0 Å². The number of nitrogens with one attached hydrogen (secondary N) is 2. The van der Waals surface area contributed by atoms with Crippen molar-refractivity contribution in [3.8, 4) is 17.1 Å². The number of nitrogens with zero attached hydrogens (tertiary/aromatic N) is 6. The van der Waals surface area contributed by atoms with E-state index in [2.05, 4.69) is 35.2 Å². The maximum atomic E-state index is 12.5. The molecule has 0 saturated carbocycles. The van der Waals surface area contributed by atoms with Crippen molar-refractivity contribution in [3.05, 3.63) is 30.4 Å². The first kappa shape index (κ1) is 18.8. The van der Waals surface area contributed by atoms with Gasteiger partial charge in [-0.3, -0.25) is 4.90 Å². The summed E-state index contributed by atoms with van der Waals surface area (Å²) < 4.78 is 34.3. The van der Waals surface area contributed by atoms with E-state index in [-0.39, 0.29) is 35.2 Å². The van der Waals surface area contributed by atoms with Crippen molar-refractivity contribution in [1.29, 1.82) is 0 Å². The minimum atomic E-state index is -3.76. The summed E-state index contributed by atoms with van der Waals surface area (Å²) in [6.07, 6.45) is 1.29. The molecule has 0 spiro atoms. The van der Waals surface area contributed by atoms with Crippen molar-refractivity contribution in [1.82, 2.24) is 35.1 Å². The minimum absolute atomic E-state index is 0. The summed E-state index contributed by atoms with van der Waals surface area (Å²) in [5.41, 5.74) is 0.939. The molecule has 1 unspecified atom stereocenters. The summed E-state index contributed by atoms with van der Waals surface area (Å²) >= 11 is 0. The smallest absolute Gasteiger partial charge is 0.266 e. The minimum Gasteiger partial charge on any atom is -0.334 e. The first-order chi connectivity index (χ1) is 13.0. The number of aromatic nitrogens is 5. The molecule has 0 radical (unpaired) electrons. The lowest BCUT2D eigenvalue weighted by Crippen LogP contribution is -2.44. The third-order valence-corrected chi connectivity index (χ3v) is 6.11. The molecule has 2 N–H and O–H groups in total. The maximum Gasteiger partial charge on any atom is 0.266 e. The number of piperazine rings is 1. The van der Waals surface area contributed by atoms with E-state index in [1.165, 1.54) is 17.1 Å². The number of likely N-dealkylation sites (N-methyl/N-ethyl adjacent to an activating group) is 1. The quantitative estimate of drug-likeness (QED) is 0.601. The molecular weight excluding hydrogens is 408 g/mol. The molecule has 2 aliphatic heterocycles. The largest absolute Gasteiger partial charge is 0.334 e. The molecule has 1 atom stereocenters. The van der Waals surface area contributed by atoms with E-state index in [9.17, 15) is 8.42 Å². The van der Waals surface area contributed by atoms with E-state index in [1.807, 2.05) is 7.05 Å². The molecule has 13 heteroatoms. The van der Waals surface area contributed by atoms with Crippen molar-refractivity contribution in [3.63, 3.8) is 0 Å². The Hall–Kier alpha value is -2.54. The molecule has 2 aliphatic rings. The summed E-state index contributed by atoms with van der Waals surface area (Å²) in [5, 5.41) is 11.4. The van der Waals surface area contributed by atoms with Gasteiger partial charge in [-0.15, -0.1) is 12.4 Å². The predicted molar refractivity (Wildman–Crippen MR) is 101 cm³/mol. The zero-order valence-corrected chi connectivity index (χ0v) is 16.4. The first-order valence-corrected chi connectivity index (χ1v) is 9.83. The third kappa shape index (κ3) is 2.94. The Balaban J connectivity index is 0.00000192. The second-order valence-corrected chi connectivity index (χ2v) is 8.09. The van der Waals surface area contributed by atoms with Crippen LogP contribution in [-0.4, -0.2) is 64.9 Å². The number of rotatable bonds is 2. The molecule has 28 heavy (non-hydrogen) atoms. The molecule has 1 fully saturated rings. The Kier molecular flexibility index (Phi) is 4.57. The van der Waals surface area contributed by atoms with Crippen molar-refractivity contribution >= 4 is 28.4 Å². The Morgan fingerprint density at radius 2 is 2.18 bits per heavy atom. The lowest BCUT2D eigenvalue weighted by Gasteiger charge is -2.30. The summed E-state index contributed by atoms with van der Waals surface area (Å²) in [6, 6.07) is 4.89. The molecule has 3 aromatic rings. The number of fused-ring (bicyclic) bond motifs is 3. The van der Waals surface area contributed by atoms with Gasteiger partial charge in [-0.25, -0.2) is 13.1 Å². The summed E-state index contributed by atoms with van der Waals surface area (Å²) in [6.45, 7) is 2.53. The second-order valence-electron chi connectivity index (χ2n) is 6.44. The number of halogens is 1. The fourth-order valence-corrected chi connectivity index (χ4v) is 4.48. The highest BCUT2D eigenvalue weighted by atomic mass is 35.5. The van der Waals surface area contributed by atoms with Gasteiger partial charge in [0.2, 0.25) is 5.95 Å². The van der Waals surface area contributed by atoms with Gasteiger partial charge in [-0.05, 0) is 25.2 Å². The van der Waals surface area contributed by atoms with E-state index in [0.717, 1.165) is 19.6 Å². The van der Waals surface area contributed by atoms with Gasteiger partial charge >= 0.3 is 0 Å². The van der Waals surface area contributed by atoms with Crippen LogP contribution in [0.25, 0.3) is 17.1 Å². The molecule has 0 amide bonds. The average molecular weight is 425 g/mol. The molecule has 5 rings (SSSR count). The second kappa shape index (κ2) is 6.81. The molecule has 0 aliphatic carbocycles. The standard InChI is InChI=1S/C15H16N8O3S.ClH/c1-22-5-4-16-7-11(22)13-19-14(26-20-13)9-2-3-10-12(6-9)27(24,25)21-15-17-8-18-23(10)15;/h2-3,6,8,11,16H,4-5,7H2,1H3,(H,17,18,21);1H. The average Bonchev–Trinajstić information content (AvgIpc) is 3.31. The van der Waals surface area contributed by atoms with Crippen molar-refractivity contribution in [2.75, 3.05) is 31.4 Å². The van der Waals surface area contributed by atoms with Crippen LogP contribution in [0.3, 0.4) is 0 Å². The van der Waals surface area contributed by atoms with Crippen LogP contribution in [0.1, 0.15) is 11.9 Å². The molecule has 4 heterocycles. The monoisotopic (exact) mass is 424 g/mol. The Bertz CT molecular complexity index is 1130. The van der Waals surface area contributed by atoms with Gasteiger partial charge in [0.25, 0.3) is 15.9 Å². The maximum absolute atomic E-state index is 12.5.